The van der Waals surface area contributed by atoms with Gasteiger partial charge >= 0.3 is 6.18 Å². The molecule has 2 heterocycles. The maximum atomic E-state index is 12.3. The number of benzene rings is 1. The average Bonchev–Trinajstić information content (AvgIpc) is 3.01. The van der Waals surface area contributed by atoms with Crippen molar-refractivity contribution in [2.45, 2.75) is 22.6 Å². The highest BCUT2D eigenvalue weighted by atomic mass is 32.2. The minimum Gasteiger partial charge on any atom is -0.508 e. The molecule has 0 spiro atoms. The number of rotatable bonds is 8. The summed E-state index contributed by atoms with van der Waals surface area (Å²) in [6.45, 7) is 0.000496. The lowest BCUT2D eigenvalue weighted by atomic mass is 10.3. The number of nitrogens with zero attached hydrogens (tertiary/aromatic N) is 4. The van der Waals surface area contributed by atoms with Crippen LogP contribution in [0.5, 0.6) is 5.75 Å². The zero-order valence-corrected chi connectivity index (χ0v) is 17.0. The molecular weight excluding hydrogens is 446 g/mol. The van der Waals surface area contributed by atoms with Crippen LogP contribution in [0.2, 0.25) is 0 Å². The van der Waals surface area contributed by atoms with Crippen molar-refractivity contribution in [2.24, 2.45) is 0 Å². The van der Waals surface area contributed by atoms with E-state index < -0.39 is 26.1 Å². The van der Waals surface area contributed by atoms with Gasteiger partial charge in [-0.3, -0.25) is 4.57 Å². The fraction of sp³-hybridized carbons (Fsp3) is 0.312. The molecule has 14 heteroatoms. The number of halogens is 3. The van der Waals surface area contributed by atoms with Crippen molar-refractivity contribution in [3.05, 3.63) is 30.6 Å². The van der Waals surface area contributed by atoms with E-state index >= 15 is 0 Å². The molecule has 2 aromatic heterocycles. The van der Waals surface area contributed by atoms with Crippen LogP contribution in [-0.2, 0) is 15.8 Å². The fourth-order valence-corrected chi connectivity index (χ4v) is 4.43. The first-order valence-corrected chi connectivity index (χ1v) is 11.3. The number of hydrogen-bond donors (Lipinski definition) is 3. The number of anilines is 1. The number of fused-ring (bicyclic) bond motifs is 1. The second-order valence-electron chi connectivity index (χ2n) is 6.25. The van der Waals surface area contributed by atoms with E-state index in [1.807, 2.05) is 0 Å². The summed E-state index contributed by atoms with van der Waals surface area (Å²) in [4.78, 5) is 22.7. The number of nitrogen functional groups attached to an aromatic ring is 1. The molecule has 0 amide bonds. The lowest BCUT2D eigenvalue weighted by molar-refractivity contribution is -0.108. The van der Waals surface area contributed by atoms with E-state index in [0.717, 1.165) is 4.90 Å². The Labute approximate surface area is 172 Å². The summed E-state index contributed by atoms with van der Waals surface area (Å²) in [5.74, 6) is 0.120. The van der Waals surface area contributed by atoms with E-state index in [-0.39, 0.29) is 24.8 Å². The van der Waals surface area contributed by atoms with Gasteiger partial charge in [0, 0.05) is 11.4 Å². The van der Waals surface area contributed by atoms with Gasteiger partial charge in [0.05, 0.1) is 12.9 Å². The lowest BCUT2D eigenvalue weighted by Gasteiger charge is -2.14. The van der Waals surface area contributed by atoms with Gasteiger partial charge in [-0.25, -0.2) is 9.97 Å². The van der Waals surface area contributed by atoms with Crippen molar-refractivity contribution in [3.63, 3.8) is 0 Å². The van der Waals surface area contributed by atoms with Crippen molar-refractivity contribution < 1.29 is 32.5 Å². The highest BCUT2D eigenvalue weighted by Crippen LogP contribution is 2.45. The number of phenols is 1. The summed E-state index contributed by atoms with van der Waals surface area (Å²) in [6, 6.07) is 6.45. The number of aromatic nitrogens is 4. The highest BCUT2D eigenvalue weighted by molar-refractivity contribution is 7.99. The molecule has 0 aliphatic carbocycles. The van der Waals surface area contributed by atoms with E-state index in [9.17, 15) is 27.7 Å². The van der Waals surface area contributed by atoms with Crippen LogP contribution in [-0.4, -0.2) is 54.8 Å². The molecule has 0 aliphatic rings. The molecule has 0 aliphatic heterocycles. The van der Waals surface area contributed by atoms with Gasteiger partial charge in [-0.1, -0.05) is 11.8 Å². The second kappa shape index (κ2) is 8.80. The Balaban J connectivity index is 1.68. The van der Waals surface area contributed by atoms with E-state index in [1.165, 1.54) is 30.2 Å². The first-order valence-electron chi connectivity index (χ1n) is 8.43. The molecule has 4 N–H and O–H groups in total. The lowest BCUT2D eigenvalue weighted by Crippen LogP contribution is -2.17. The molecular formula is C16H17F3N5O4PS. The number of nitrogens with two attached hydrogens (primary N) is 1. The van der Waals surface area contributed by atoms with Gasteiger partial charge in [0.2, 0.25) is 13.3 Å². The van der Waals surface area contributed by atoms with Crippen molar-refractivity contribution in [1.29, 1.82) is 0 Å². The van der Waals surface area contributed by atoms with Gasteiger partial charge in [-0.05, 0) is 24.3 Å². The van der Waals surface area contributed by atoms with Crippen LogP contribution in [0, 0.1) is 0 Å². The summed E-state index contributed by atoms with van der Waals surface area (Å²) in [7, 11) is -4.47. The van der Waals surface area contributed by atoms with E-state index in [4.69, 9.17) is 10.5 Å². The van der Waals surface area contributed by atoms with Crippen molar-refractivity contribution in [3.8, 4) is 5.75 Å². The quantitative estimate of drug-likeness (QED) is 0.261. The number of ether oxygens (including phenoxy) is 1. The molecule has 0 bridgehead atoms. The van der Waals surface area contributed by atoms with Crippen LogP contribution >= 0.6 is 19.1 Å². The van der Waals surface area contributed by atoms with Crippen LogP contribution in [0.25, 0.3) is 11.2 Å². The third kappa shape index (κ3) is 6.08. The average molecular weight is 463 g/mol. The SMILES string of the molecule is Nc1nc(Sc2ccc(O)cc2)c2ncn(CCOCP(=O)(O)CC(F)(F)F)c2n1. The molecule has 1 aromatic carbocycles. The molecule has 0 saturated carbocycles. The molecule has 1 unspecified atom stereocenters. The summed E-state index contributed by atoms with van der Waals surface area (Å²) in [5.41, 5.74) is 6.61. The summed E-state index contributed by atoms with van der Waals surface area (Å²) >= 11 is 1.26. The number of imidazole rings is 1. The summed E-state index contributed by atoms with van der Waals surface area (Å²) in [5, 5.41) is 9.86. The predicted octanol–water partition coefficient (Wildman–Crippen LogP) is 3.07. The standard InChI is InChI=1S/C16H17F3N5O4PS/c17-16(18,19)7-29(26,27)9-28-6-5-24-8-21-12-13(24)22-15(20)23-14(12)30-11-3-1-10(25)2-4-11/h1-4,8,25H,5-7,9H2,(H,26,27)(H2,20,22,23). The van der Waals surface area contributed by atoms with Crippen LogP contribution in [0.1, 0.15) is 0 Å². The smallest absolute Gasteiger partial charge is 0.398 e. The Morgan fingerprint density at radius 2 is 1.93 bits per heavy atom. The summed E-state index contributed by atoms with van der Waals surface area (Å²) in [6.07, 6.45) is -6.00. The van der Waals surface area contributed by atoms with Crippen LogP contribution in [0.4, 0.5) is 19.1 Å². The number of alkyl halides is 3. The molecule has 0 fully saturated rings. The zero-order valence-electron chi connectivity index (χ0n) is 15.3. The Kier molecular flexibility index (Phi) is 6.56. The van der Waals surface area contributed by atoms with E-state index in [2.05, 4.69) is 15.0 Å². The second-order valence-corrected chi connectivity index (χ2v) is 9.58. The topological polar surface area (TPSA) is 136 Å². The molecule has 3 aromatic rings. The molecule has 3 rings (SSSR count). The first-order chi connectivity index (χ1) is 14.0. The van der Waals surface area contributed by atoms with Gasteiger partial charge in [-0.2, -0.15) is 18.2 Å². The molecule has 9 nitrogen and oxygen atoms in total. The molecule has 162 valence electrons. The number of aromatic hydroxyl groups is 1. The van der Waals surface area contributed by atoms with Gasteiger partial charge in [0.1, 0.15) is 28.8 Å². The van der Waals surface area contributed by atoms with Crippen LogP contribution in [0.15, 0.2) is 40.5 Å². The van der Waals surface area contributed by atoms with Crippen molar-refractivity contribution in [1.82, 2.24) is 19.5 Å². The van der Waals surface area contributed by atoms with Crippen LogP contribution < -0.4 is 5.73 Å². The number of phenolic OH excluding ortho intramolecular Hbond substituents is 1. The van der Waals surface area contributed by atoms with Crippen LogP contribution in [0.3, 0.4) is 0 Å². The predicted molar refractivity (Wildman–Crippen MR) is 104 cm³/mol. The fourth-order valence-electron chi connectivity index (χ4n) is 2.49. The maximum Gasteiger partial charge on any atom is 0.398 e. The molecule has 30 heavy (non-hydrogen) atoms. The molecule has 0 saturated heterocycles. The monoisotopic (exact) mass is 463 g/mol. The Morgan fingerprint density at radius 1 is 1.23 bits per heavy atom. The Morgan fingerprint density at radius 3 is 2.60 bits per heavy atom. The number of hydrogen-bond acceptors (Lipinski definition) is 8. The minimum absolute atomic E-state index is 0.00326. The minimum atomic E-state index is -4.74. The molecule has 1 atom stereocenters. The largest absolute Gasteiger partial charge is 0.508 e. The zero-order chi connectivity index (χ0) is 21.9. The first kappa shape index (κ1) is 22.3. The normalized spacial score (nSPS) is 14.1. The van der Waals surface area contributed by atoms with Gasteiger partial charge in [0.25, 0.3) is 0 Å². The Bertz CT molecular complexity index is 1080. The third-order valence-electron chi connectivity index (χ3n) is 3.70. The Hall–Kier alpha value is -2.34. The van der Waals surface area contributed by atoms with Gasteiger partial charge in [0.15, 0.2) is 5.65 Å². The maximum absolute atomic E-state index is 12.3. The van der Waals surface area contributed by atoms with Crippen molar-refractivity contribution >= 4 is 36.2 Å². The van der Waals surface area contributed by atoms with E-state index in [1.54, 1.807) is 16.7 Å². The van der Waals surface area contributed by atoms with Crippen molar-refractivity contribution in [2.75, 3.05) is 24.9 Å². The molecule has 0 radical (unpaired) electrons. The van der Waals surface area contributed by atoms with Gasteiger partial charge in [-0.15, -0.1) is 0 Å². The summed E-state index contributed by atoms with van der Waals surface area (Å²) < 4.78 is 54.9. The third-order valence-corrected chi connectivity index (χ3v) is 6.12. The highest BCUT2D eigenvalue weighted by Gasteiger charge is 2.38. The van der Waals surface area contributed by atoms with Gasteiger partial charge < -0.3 is 25.0 Å². The van der Waals surface area contributed by atoms with E-state index in [0.29, 0.717) is 16.2 Å².